The predicted molar refractivity (Wildman–Crippen MR) is 152 cm³/mol. The van der Waals surface area contributed by atoms with Crippen LogP contribution in [0.4, 0.5) is 11.6 Å². The molecule has 2 aliphatic rings. The van der Waals surface area contributed by atoms with Crippen molar-refractivity contribution in [2.75, 3.05) is 31.1 Å². The Morgan fingerprint density at radius 3 is 2.25 bits per heavy atom. The fraction of sp³-hybridized carbons (Fsp3) is 0.259. The third-order valence-electron chi connectivity index (χ3n) is 7.25. The van der Waals surface area contributed by atoms with Crippen LogP contribution >= 0.6 is 23.2 Å². The summed E-state index contributed by atoms with van der Waals surface area (Å²) < 4.78 is 30.7. The summed E-state index contributed by atoms with van der Waals surface area (Å²) in [7, 11) is -3.95. The number of carbonyl (C=O) groups is 1. The highest BCUT2D eigenvalue weighted by Gasteiger charge is 2.52. The zero-order valence-corrected chi connectivity index (χ0v) is 23.8. The lowest BCUT2D eigenvalue weighted by Gasteiger charge is -2.30. The van der Waals surface area contributed by atoms with Crippen LogP contribution in [0.1, 0.15) is 12.5 Å². The second-order valence-electron chi connectivity index (χ2n) is 9.93. The minimum Gasteiger partial charge on any atom is -0.314 e. The number of nitrogens with zero attached hydrogens (tertiary/aromatic N) is 6. The molecule has 1 unspecified atom stereocenters. The van der Waals surface area contributed by atoms with Crippen molar-refractivity contribution in [2.24, 2.45) is 0 Å². The highest BCUT2D eigenvalue weighted by molar-refractivity contribution is 7.89. The van der Waals surface area contributed by atoms with E-state index in [1.54, 1.807) is 42.1 Å². The van der Waals surface area contributed by atoms with Gasteiger partial charge in [-0.2, -0.15) is 4.31 Å². The first-order valence-corrected chi connectivity index (χ1v) is 14.8. The van der Waals surface area contributed by atoms with Crippen molar-refractivity contribution in [1.82, 2.24) is 29.1 Å². The van der Waals surface area contributed by atoms with Crippen LogP contribution in [0, 0.1) is 0 Å². The van der Waals surface area contributed by atoms with Gasteiger partial charge in [0.2, 0.25) is 5.95 Å². The molecule has 206 valence electrons. The first kappa shape index (κ1) is 26.9. The standard InChI is InChI=1S/C27H25Cl2N7O3S/c1-27(13-18-2-4-19(5-3-18)20-14-31-17-32-15-20)25(37)35(23-11-21(28)10-22(29)12-23)26-33-16-24(36(26)27)40(38,39)34-8-6-30-7-9-34/h2-5,10-12,14-17,30H,6-9,13H2,1H3. The molecule has 1 amide bonds. The molecule has 1 saturated heterocycles. The number of imidazole rings is 1. The molecular weight excluding hydrogens is 573 g/mol. The van der Waals surface area contributed by atoms with Gasteiger partial charge in [-0.1, -0.05) is 47.5 Å². The largest absolute Gasteiger partial charge is 0.314 e. The second kappa shape index (κ2) is 10.2. The van der Waals surface area contributed by atoms with Crippen molar-refractivity contribution >= 4 is 50.8 Å². The number of benzene rings is 2. The molecule has 13 heteroatoms. The average Bonchev–Trinajstić information content (AvgIpc) is 3.48. The summed E-state index contributed by atoms with van der Waals surface area (Å²) in [5, 5.41) is 3.83. The number of nitrogens with one attached hydrogen (secondary N) is 1. The van der Waals surface area contributed by atoms with Crippen molar-refractivity contribution in [3.8, 4) is 11.1 Å². The normalized spacial score (nSPS) is 19.7. The number of sulfonamides is 1. The third kappa shape index (κ3) is 4.57. The topological polar surface area (TPSA) is 113 Å². The molecule has 0 radical (unpaired) electrons. The maximum atomic E-state index is 14.3. The first-order valence-electron chi connectivity index (χ1n) is 12.6. The summed E-state index contributed by atoms with van der Waals surface area (Å²) in [6, 6.07) is 12.5. The Morgan fingerprint density at radius 1 is 0.950 bits per heavy atom. The summed E-state index contributed by atoms with van der Waals surface area (Å²) in [6.45, 7) is 3.48. The van der Waals surface area contributed by atoms with E-state index in [-0.39, 0.29) is 23.3 Å². The average molecular weight is 599 g/mol. The molecule has 0 spiro atoms. The molecule has 1 fully saturated rings. The van der Waals surface area contributed by atoms with Crippen molar-refractivity contribution in [1.29, 1.82) is 0 Å². The summed E-state index contributed by atoms with van der Waals surface area (Å²) in [5.41, 5.74) is 1.72. The van der Waals surface area contributed by atoms with Crippen LogP contribution in [-0.2, 0) is 26.8 Å². The van der Waals surface area contributed by atoms with Gasteiger partial charge in [-0.05, 0) is 36.2 Å². The summed E-state index contributed by atoms with van der Waals surface area (Å²) >= 11 is 12.6. The van der Waals surface area contributed by atoms with E-state index in [0.29, 0.717) is 41.9 Å². The van der Waals surface area contributed by atoms with Gasteiger partial charge in [0, 0.05) is 60.6 Å². The molecule has 0 aliphatic carbocycles. The van der Waals surface area contributed by atoms with E-state index in [2.05, 4.69) is 20.3 Å². The number of anilines is 2. The maximum absolute atomic E-state index is 14.3. The number of rotatable bonds is 6. The number of amides is 1. The minimum atomic E-state index is -3.95. The fourth-order valence-corrected chi connectivity index (χ4v) is 7.43. The molecule has 4 heterocycles. The molecule has 4 aromatic rings. The van der Waals surface area contributed by atoms with Crippen LogP contribution in [0.3, 0.4) is 0 Å². The van der Waals surface area contributed by atoms with Gasteiger partial charge in [0.25, 0.3) is 15.9 Å². The van der Waals surface area contributed by atoms with Crippen LogP contribution in [0.2, 0.25) is 10.0 Å². The number of halogens is 2. The van der Waals surface area contributed by atoms with Gasteiger partial charge in [-0.25, -0.2) is 28.3 Å². The van der Waals surface area contributed by atoms with E-state index in [1.165, 1.54) is 21.7 Å². The van der Waals surface area contributed by atoms with E-state index in [0.717, 1.165) is 16.7 Å². The van der Waals surface area contributed by atoms with Gasteiger partial charge >= 0.3 is 0 Å². The van der Waals surface area contributed by atoms with Crippen molar-refractivity contribution in [3.05, 3.63) is 83.0 Å². The monoisotopic (exact) mass is 597 g/mol. The van der Waals surface area contributed by atoms with Crippen LogP contribution in [0.25, 0.3) is 11.1 Å². The molecular formula is C27H25Cl2N7O3S. The number of carbonyl (C=O) groups excluding carboxylic acids is 1. The number of hydrogen-bond donors (Lipinski definition) is 1. The quantitative estimate of drug-likeness (QED) is 0.359. The van der Waals surface area contributed by atoms with Gasteiger partial charge in [0.1, 0.15) is 11.9 Å². The van der Waals surface area contributed by atoms with Crippen LogP contribution in [0.15, 0.2) is 72.4 Å². The Bertz CT molecular complexity index is 1670. The molecule has 0 bridgehead atoms. The Balaban J connectivity index is 1.45. The van der Waals surface area contributed by atoms with E-state index in [1.807, 2.05) is 24.3 Å². The highest BCUT2D eigenvalue weighted by Crippen LogP contribution is 2.45. The maximum Gasteiger partial charge on any atom is 0.260 e. The molecule has 1 N–H and O–H groups in total. The Labute approximate surface area is 241 Å². The lowest BCUT2D eigenvalue weighted by atomic mass is 9.91. The van der Waals surface area contributed by atoms with Crippen LogP contribution < -0.4 is 10.2 Å². The third-order valence-corrected chi connectivity index (χ3v) is 9.55. The lowest BCUT2D eigenvalue weighted by molar-refractivity contribution is -0.124. The Kier molecular flexibility index (Phi) is 6.87. The first-order chi connectivity index (χ1) is 19.2. The van der Waals surface area contributed by atoms with Gasteiger partial charge in [-0.3, -0.25) is 9.36 Å². The minimum absolute atomic E-state index is 0.0334. The zero-order chi connectivity index (χ0) is 28.1. The molecule has 6 rings (SSSR count). The summed E-state index contributed by atoms with van der Waals surface area (Å²) in [5.74, 6) is -0.149. The van der Waals surface area contributed by atoms with E-state index >= 15 is 0 Å². The SMILES string of the molecule is CC1(Cc2ccc(-c3cncnc3)cc2)C(=O)N(c2cc(Cl)cc(Cl)c2)c2ncc(S(=O)(=O)N3CCNCC3)n21. The molecule has 1 atom stereocenters. The van der Waals surface area contributed by atoms with E-state index in [9.17, 15) is 13.2 Å². The second-order valence-corrected chi connectivity index (χ2v) is 12.7. The molecule has 2 aromatic carbocycles. The van der Waals surface area contributed by atoms with Gasteiger partial charge < -0.3 is 5.32 Å². The van der Waals surface area contributed by atoms with E-state index < -0.39 is 15.6 Å². The summed E-state index contributed by atoms with van der Waals surface area (Å²) in [4.78, 5) is 28.3. The van der Waals surface area contributed by atoms with E-state index in [4.69, 9.17) is 23.2 Å². The zero-order valence-electron chi connectivity index (χ0n) is 21.5. The molecule has 2 aliphatic heterocycles. The van der Waals surface area contributed by atoms with Gasteiger partial charge in [0.05, 0.1) is 11.9 Å². The van der Waals surface area contributed by atoms with Crippen LogP contribution in [0.5, 0.6) is 0 Å². The smallest absolute Gasteiger partial charge is 0.260 e. The summed E-state index contributed by atoms with van der Waals surface area (Å²) in [6.07, 6.45) is 6.47. The van der Waals surface area contributed by atoms with Crippen molar-refractivity contribution in [2.45, 2.75) is 23.9 Å². The predicted octanol–water partition coefficient (Wildman–Crippen LogP) is 3.88. The van der Waals surface area contributed by atoms with Gasteiger partial charge in [0.15, 0.2) is 5.03 Å². The molecule has 0 saturated carbocycles. The van der Waals surface area contributed by atoms with Crippen molar-refractivity contribution < 1.29 is 13.2 Å². The highest BCUT2D eigenvalue weighted by atomic mass is 35.5. The van der Waals surface area contributed by atoms with Gasteiger partial charge in [-0.15, -0.1) is 0 Å². The van der Waals surface area contributed by atoms with Crippen LogP contribution in [-0.4, -0.2) is 64.3 Å². The number of fused-ring (bicyclic) bond motifs is 1. The Morgan fingerprint density at radius 2 is 1.60 bits per heavy atom. The Hall–Kier alpha value is -3.35. The fourth-order valence-electron chi connectivity index (χ4n) is 5.29. The lowest BCUT2D eigenvalue weighted by Crippen LogP contribution is -2.48. The number of hydrogen-bond acceptors (Lipinski definition) is 7. The van der Waals surface area contributed by atoms with Crippen molar-refractivity contribution in [3.63, 3.8) is 0 Å². The molecule has 2 aromatic heterocycles. The molecule has 40 heavy (non-hydrogen) atoms. The molecule has 10 nitrogen and oxygen atoms in total. The number of aromatic nitrogens is 4. The number of piperazine rings is 1.